The molecule has 2 heterocycles. The molecule has 27 heavy (non-hydrogen) atoms. The van der Waals surface area contributed by atoms with Crippen LogP contribution in [0.5, 0.6) is 11.5 Å². The Hall–Kier alpha value is -2.80. The van der Waals surface area contributed by atoms with Crippen molar-refractivity contribution >= 4 is 6.03 Å². The molecule has 7 nitrogen and oxygen atoms in total. The van der Waals surface area contributed by atoms with Gasteiger partial charge in [0.25, 0.3) is 0 Å². The number of aromatic nitrogens is 1. The summed E-state index contributed by atoms with van der Waals surface area (Å²) >= 11 is 0. The molecule has 2 amide bonds. The number of benzene rings is 1. The fourth-order valence-electron chi connectivity index (χ4n) is 2.78. The first-order chi connectivity index (χ1) is 13.2. The van der Waals surface area contributed by atoms with Gasteiger partial charge in [-0.1, -0.05) is 12.1 Å². The number of rotatable bonds is 8. The van der Waals surface area contributed by atoms with Crippen molar-refractivity contribution < 1.29 is 19.0 Å². The van der Waals surface area contributed by atoms with E-state index in [-0.39, 0.29) is 18.9 Å². The van der Waals surface area contributed by atoms with Crippen LogP contribution < -0.4 is 14.8 Å². The van der Waals surface area contributed by atoms with E-state index in [1.54, 1.807) is 24.4 Å². The molecule has 1 aliphatic heterocycles. The second kappa shape index (κ2) is 9.23. The van der Waals surface area contributed by atoms with Crippen LogP contribution in [0.3, 0.4) is 0 Å². The number of carbonyl (C=O) groups is 1. The number of urea groups is 1. The van der Waals surface area contributed by atoms with Crippen LogP contribution in [-0.2, 0) is 17.8 Å². The van der Waals surface area contributed by atoms with E-state index in [0.29, 0.717) is 25.4 Å². The molecule has 0 bridgehead atoms. The molecule has 0 spiro atoms. The zero-order valence-corrected chi connectivity index (χ0v) is 15.7. The van der Waals surface area contributed by atoms with Crippen molar-refractivity contribution in [3.8, 4) is 11.5 Å². The van der Waals surface area contributed by atoms with Crippen LogP contribution in [0.1, 0.15) is 24.5 Å². The predicted molar refractivity (Wildman–Crippen MR) is 101 cm³/mol. The Morgan fingerprint density at radius 1 is 1.26 bits per heavy atom. The lowest BCUT2D eigenvalue weighted by atomic mass is 10.1. The number of carbonyl (C=O) groups excluding carboxylic acids is 1. The molecule has 2 aromatic rings. The number of fused-ring (bicyclic) bond motifs is 1. The second-order valence-electron chi connectivity index (χ2n) is 6.47. The van der Waals surface area contributed by atoms with Gasteiger partial charge in [-0.05, 0) is 42.7 Å². The molecule has 3 rings (SSSR count). The summed E-state index contributed by atoms with van der Waals surface area (Å²) in [4.78, 5) is 18.6. The molecule has 7 heteroatoms. The summed E-state index contributed by atoms with van der Waals surface area (Å²) in [5, 5.41) is 2.97. The zero-order valence-electron chi connectivity index (χ0n) is 15.7. The molecule has 0 saturated carbocycles. The van der Waals surface area contributed by atoms with Crippen molar-refractivity contribution in [1.82, 2.24) is 15.2 Å². The summed E-state index contributed by atoms with van der Waals surface area (Å²) in [5.74, 6) is 1.44. The second-order valence-corrected chi connectivity index (χ2v) is 6.47. The lowest BCUT2D eigenvalue weighted by molar-refractivity contribution is 0.110. The van der Waals surface area contributed by atoms with Gasteiger partial charge in [0.2, 0.25) is 6.79 Å². The third-order valence-electron chi connectivity index (χ3n) is 4.42. The number of ether oxygens (including phenoxy) is 3. The molecular weight excluding hydrogens is 346 g/mol. The van der Waals surface area contributed by atoms with E-state index in [2.05, 4.69) is 10.3 Å². The number of hydrogen-bond donors (Lipinski definition) is 1. The quantitative estimate of drug-likeness (QED) is 0.772. The molecule has 0 aliphatic carbocycles. The molecule has 0 unspecified atom stereocenters. The average Bonchev–Trinajstić information content (AvgIpc) is 3.16. The van der Waals surface area contributed by atoms with E-state index in [1.165, 1.54) is 0 Å². The van der Waals surface area contributed by atoms with E-state index in [9.17, 15) is 4.79 Å². The molecule has 1 aromatic heterocycles. The van der Waals surface area contributed by atoms with E-state index >= 15 is 0 Å². The smallest absolute Gasteiger partial charge is 0.318 e. The molecule has 1 aromatic carbocycles. The lowest BCUT2D eigenvalue weighted by Crippen LogP contribution is -2.40. The predicted octanol–water partition coefficient (Wildman–Crippen LogP) is 2.95. The molecule has 0 saturated heterocycles. The van der Waals surface area contributed by atoms with Crippen molar-refractivity contribution in [1.29, 1.82) is 0 Å². The molecule has 144 valence electrons. The minimum Gasteiger partial charge on any atom is -0.454 e. The number of nitrogens with one attached hydrogen (secondary N) is 1. The van der Waals surface area contributed by atoms with Crippen molar-refractivity contribution in [3.63, 3.8) is 0 Å². The Bertz CT molecular complexity index is 754. The van der Waals surface area contributed by atoms with Gasteiger partial charge >= 0.3 is 6.03 Å². The summed E-state index contributed by atoms with van der Waals surface area (Å²) in [6.07, 6.45) is 4.35. The Labute approximate surface area is 159 Å². The van der Waals surface area contributed by atoms with Gasteiger partial charge in [0.05, 0.1) is 6.10 Å². The maximum atomic E-state index is 12.8. The number of hydrogen-bond acceptors (Lipinski definition) is 5. The fraction of sp³-hybridized carbons (Fsp3) is 0.400. The van der Waals surface area contributed by atoms with Gasteiger partial charge in [-0.2, -0.15) is 0 Å². The standard InChI is InChI=1S/C20H25N3O4/c1-15(25-2)7-9-22-20(24)23(13-17-4-3-8-21-11-17)12-16-5-6-18-19(10-16)27-14-26-18/h3-6,8,10-11,15H,7,9,12-14H2,1-2H3,(H,22,24)/t15-/m1/s1. The maximum absolute atomic E-state index is 12.8. The Morgan fingerprint density at radius 3 is 2.85 bits per heavy atom. The van der Waals surface area contributed by atoms with Gasteiger partial charge in [-0.3, -0.25) is 4.98 Å². The van der Waals surface area contributed by atoms with Gasteiger partial charge in [-0.25, -0.2) is 4.79 Å². The molecule has 1 aliphatic rings. The van der Waals surface area contributed by atoms with Gasteiger partial charge in [-0.15, -0.1) is 0 Å². The van der Waals surface area contributed by atoms with Gasteiger partial charge in [0.1, 0.15) is 0 Å². The molecular formula is C20H25N3O4. The van der Waals surface area contributed by atoms with E-state index < -0.39 is 0 Å². The summed E-state index contributed by atoms with van der Waals surface area (Å²) in [5.41, 5.74) is 1.95. The van der Waals surface area contributed by atoms with Crippen molar-refractivity contribution in [2.24, 2.45) is 0 Å². The van der Waals surface area contributed by atoms with Crippen LogP contribution in [0.2, 0.25) is 0 Å². The lowest BCUT2D eigenvalue weighted by Gasteiger charge is -2.24. The summed E-state index contributed by atoms with van der Waals surface area (Å²) in [7, 11) is 1.67. The van der Waals surface area contributed by atoms with Crippen molar-refractivity contribution in [2.45, 2.75) is 32.5 Å². The van der Waals surface area contributed by atoms with Gasteiger partial charge in [0, 0.05) is 39.1 Å². The Morgan fingerprint density at radius 2 is 2.07 bits per heavy atom. The highest BCUT2D eigenvalue weighted by Gasteiger charge is 2.18. The largest absolute Gasteiger partial charge is 0.454 e. The molecule has 0 fully saturated rings. The fourth-order valence-corrected chi connectivity index (χ4v) is 2.78. The van der Waals surface area contributed by atoms with Crippen molar-refractivity contribution in [3.05, 3.63) is 53.9 Å². The number of amides is 2. The molecule has 1 N–H and O–H groups in total. The van der Waals surface area contributed by atoms with Crippen molar-refractivity contribution in [2.75, 3.05) is 20.4 Å². The van der Waals surface area contributed by atoms with Crippen LogP contribution in [-0.4, -0.2) is 42.5 Å². The van der Waals surface area contributed by atoms with Crippen LogP contribution in [0.15, 0.2) is 42.7 Å². The first-order valence-corrected chi connectivity index (χ1v) is 8.98. The number of pyridine rings is 1. The third kappa shape index (κ3) is 5.34. The Kier molecular flexibility index (Phi) is 6.49. The van der Waals surface area contributed by atoms with E-state index in [0.717, 1.165) is 23.3 Å². The van der Waals surface area contributed by atoms with Crippen LogP contribution >= 0.6 is 0 Å². The average molecular weight is 371 g/mol. The number of nitrogens with zero attached hydrogens (tertiary/aromatic N) is 2. The highest BCUT2D eigenvalue weighted by atomic mass is 16.7. The first kappa shape index (κ1) is 19.0. The van der Waals surface area contributed by atoms with Crippen LogP contribution in [0.4, 0.5) is 4.79 Å². The highest BCUT2D eigenvalue weighted by molar-refractivity contribution is 5.74. The SMILES string of the molecule is CO[C@H](C)CCNC(=O)N(Cc1cccnc1)Cc1ccc2c(c1)OCO2. The zero-order chi connectivity index (χ0) is 19.1. The minimum atomic E-state index is -0.125. The van der Waals surface area contributed by atoms with Crippen LogP contribution in [0, 0.1) is 0 Å². The first-order valence-electron chi connectivity index (χ1n) is 8.98. The van der Waals surface area contributed by atoms with Crippen LogP contribution in [0.25, 0.3) is 0 Å². The monoisotopic (exact) mass is 371 g/mol. The van der Waals surface area contributed by atoms with Gasteiger partial charge < -0.3 is 24.4 Å². The number of methoxy groups -OCH3 is 1. The molecule has 1 atom stereocenters. The third-order valence-corrected chi connectivity index (χ3v) is 4.42. The Balaban J connectivity index is 1.68. The van der Waals surface area contributed by atoms with Gasteiger partial charge in [0.15, 0.2) is 11.5 Å². The highest BCUT2D eigenvalue weighted by Crippen LogP contribution is 2.32. The summed E-state index contributed by atoms with van der Waals surface area (Å²) in [6.45, 7) is 3.69. The summed E-state index contributed by atoms with van der Waals surface area (Å²) in [6, 6.07) is 9.44. The molecule has 0 radical (unpaired) electrons. The topological polar surface area (TPSA) is 72.9 Å². The maximum Gasteiger partial charge on any atom is 0.318 e. The van der Waals surface area contributed by atoms with E-state index in [1.807, 2.05) is 37.3 Å². The summed E-state index contributed by atoms with van der Waals surface area (Å²) < 4.78 is 16.0. The normalized spacial score (nSPS) is 13.3. The minimum absolute atomic E-state index is 0.103. The van der Waals surface area contributed by atoms with E-state index in [4.69, 9.17) is 14.2 Å².